The first-order valence-electron chi connectivity index (χ1n) is 6.76. The third-order valence-corrected chi connectivity index (χ3v) is 3.32. The Balaban J connectivity index is 2.23. The molecular formula is C16H18N2O4. The fourth-order valence-corrected chi connectivity index (χ4v) is 1.95. The van der Waals surface area contributed by atoms with E-state index in [0.29, 0.717) is 11.5 Å². The maximum absolute atomic E-state index is 11.1. The van der Waals surface area contributed by atoms with Crippen LogP contribution in [0.4, 0.5) is 0 Å². The Bertz CT molecular complexity index is 714. The minimum Gasteiger partial charge on any atom is -0.497 e. The van der Waals surface area contributed by atoms with Gasteiger partial charge in [0.15, 0.2) is 0 Å². The third-order valence-electron chi connectivity index (χ3n) is 3.32. The van der Waals surface area contributed by atoms with Crippen LogP contribution in [0.1, 0.15) is 33.1 Å². The van der Waals surface area contributed by atoms with Crippen molar-refractivity contribution >= 4 is 5.97 Å². The van der Waals surface area contributed by atoms with Gasteiger partial charge < -0.3 is 14.6 Å². The van der Waals surface area contributed by atoms with E-state index in [9.17, 15) is 4.79 Å². The van der Waals surface area contributed by atoms with Gasteiger partial charge in [0, 0.05) is 6.07 Å². The Morgan fingerprint density at radius 3 is 2.32 bits per heavy atom. The summed E-state index contributed by atoms with van der Waals surface area (Å²) in [4.78, 5) is 20.0. The highest BCUT2D eigenvalue weighted by Crippen LogP contribution is 2.23. The molecule has 0 spiro atoms. The summed E-state index contributed by atoms with van der Waals surface area (Å²) < 4.78 is 10.7. The van der Waals surface area contributed by atoms with E-state index in [1.807, 2.05) is 20.8 Å². The van der Waals surface area contributed by atoms with E-state index >= 15 is 0 Å². The number of carboxylic acids is 1. The number of hydrogen-bond acceptors (Lipinski definition) is 5. The third kappa shape index (κ3) is 3.52. The molecule has 0 bridgehead atoms. The number of aromatic carboxylic acids is 1. The Morgan fingerprint density at radius 2 is 1.68 bits per heavy atom. The van der Waals surface area contributed by atoms with Gasteiger partial charge in [0.25, 0.3) is 0 Å². The van der Waals surface area contributed by atoms with Gasteiger partial charge in [-0.05, 0) is 32.9 Å². The molecule has 1 aromatic carbocycles. The zero-order valence-corrected chi connectivity index (χ0v) is 13.0. The van der Waals surface area contributed by atoms with Crippen molar-refractivity contribution in [3.05, 3.63) is 46.5 Å². The second-order valence-corrected chi connectivity index (χ2v) is 4.92. The van der Waals surface area contributed by atoms with E-state index in [2.05, 4.69) is 9.97 Å². The van der Waals surface area contributed by atoms with Gasteiger partial charge in [-0.2, -0.15) is 0 Å². The van der Waals surface area contributed by atoms with Crippen LogP contribution < -0.4 is 9.47 Å². The lowest BCUT2D eigenvalue weighted by molar-refractivity contribution is 0.0696. The van der Waals surface area contributed by atoms with Crippen LogP contribution in [-0.4, -0.2) is 28.2 Å². The molecule has 0 aliphatic carbocycles. The highest BCUT2D eigenvalue weighted by atomic mass is 16.5. The molecule has 0 radical (unpaired) electrons. The monoisotopic (exact) mass is 302 g/mol. The summed E-state index contributed by atoms with van der Waals surface area (Å²) in [6.45, 7) is 5.87. The molecular weight excluding hydrogens is 284 g/mol. The van der Waals surface area contributed by atoms with E-state index in [0.717, 1.165) is 22.8 Å². The highest BCUT2D eigenvalue weighted by Gasteiger charge is 2.10. The molecule has 116 valence electrons. The van der Waals surface area contributed by atoms with E-state index in [-0.39, 0.29) is 12.2 Å². The topological polar surface area (TPSA) is 81.5 Å². The quantitative estimate of drug-likeness (QED) is 0.914. The Morgan fingerprint density at radius 1 is 1.05 bits per heavy atom. The summed E-state index contributed by atoms with van der Waals surface area (Å²) in [6.07, 6.45) is 0. The van der Waals surface area contributed by atoms with Gasteiger partial charge in [-0.15, -0.1) is 0 Å². The zero-order valence-electron chi connectivity index (χ0n) is 13.0. The van der Waals surface area contributed by atoms with E-state index in [1.165, 1.54) is 19.2 Å². The van der Waals surface area contributed by atoms with Crippen molar-refractivity contribution in [2.45, 2.75) is 27.4 Å². The predicted molar refractivity (Wildman–Crippen MR) is 80.5 cm³/mol. The molecule has 0 amide bonds. The van der Waals surface area contributed by atoms with Crippen LogP contribution in [-0.2, 0) is 6.61 Å². The van der Waals surface area contributed by atoms with Gasteiger partial charge in [-0.25, -0.2) is 4.79 Å². The lowest BCUT2D eigenvalue weighted by atomic mass is 10.2. The first-order chi connectivity index (χ1) is 10.4. The van der Waals surface area contributed by atoms with Gasteiger partial charge >= 0.3 is 5.97 Å². The van der Waals surface area contributed by atoms with Crippen LogP contribution >= 0.6 is 0 Å². The van der Waals surface area contributed by atoms with Crippen molar-refractivity contribution in [1.29, 1.82) is 0 Å². The second-order valence-electron chi connectivity index (χ2n) is 4.92. The molecule has 1 N–H and O–H groups in total. The van der Waals surface area contributed by atoms with Crippen LogP contribution in [0.3, 0.4) is 0 Å². The first-order valence-corrected chi connectivity index (χ1v) is 6.76. The summed E-state index contributed by atoms with van der Waals surface area (Å²) in [7, 11) is 1.48. The van der Waals surface area contributed by atoms with Gasteiger partial charge in [0.1, 0.15) is 18.1 Å². The molecule has 6 nitrogen and oxygen atoms in total. The predicted octanol–water partition coefficient (Wildman–Crippen LogP) is 2.69. The molecule has 6 heteroatoms. The number of aryl methyl sites for hydroxylation is 3. The second kappa shape index (κ2) is 6.43. The fraction of sp³-hybridized carbons (Fsp3) is 0.312. The van der Waals surface area contributed by atoms with Crippen LogP contribution in [0.2, 0.25) is 0 Å². The molecule has 0 saturated carbocycles. The summed E-state index contributed by atoms with van der Waals surface area (Å²) >= 11 is 0. The number of nitrogens with zero attached hydrogens (tertiary/aromatic N) is 2. The highest BCUT2D eigenvalue weighted by molar-refractivity contribution is 5.88. The first kappa shape index (κ1) is 15.8. The van der Waals surface area contributed by atoms with Gasteiger partial charge in [0.05, 0.1) is 35.4 Å². The van der Waals surface area contributed by atoms with Gasteiger partial charge in [-0.1, -0.05) is 0 Å². The molecule has 0 unspecified atom stereocenters. The molecule has 0 aliphatic rings. The van der Waals surface area contributed by atoms with Crippen molar-refractivity contribution in [3.8, 4) is 11.5 Å². The van der Waals surface area contributed by atoms with Gasteiger partial charge in [0.2, 0.25) is 0 Å². The molecule has 2 rings (SSSR count). The molecule has 0 atom stereocenters. The largest absolute Gasteiger partial charge is 0.497 e. The number of carbonyl (C=O) groups is 1. The number of carboxylic acid groups (broad SMARTS) is 1. The lowest BCUT2D eigenvalue weighted by Crippen LogP contribution is -2.07. The standard InChI is InChI=1S/C16H18N2O4/c1-9-10(2)18-15(11(3)17-9)8-22-14-6-12(16(19)20)5-13(7-14)21-4/h5-7H,8H2,1-4H3,(H,19,20). The summed E-state index contributed by atoms with van der Waals surface area (Å²) in [5.41, 5.74) is 3.36. The summed E-state index contributed by atoms with van der Waals surface area (Å²) in [6, 6.07) is 4.53. The molecule has 0 aliphatic heterocycles. The Hall–Kier alpha value is -2.63. The van der Waals surface area contributed by atoms with Crippen LogP contribution in [0, 0.1) is 20.8 Å². The van der Waals surface area contributed by atoms with Crippen LogP contribution in [0.5, 0.6) is 11.5 Å². The summed E-state index contributed by atoms with van der Waals surface area (Å²) in [5.74, 6) is -0.195. The van der Waals surface area contributed by atoms with Gasteiger partial charge in [-0.3, -0.25) is 9.97 Å². The normalized spacial score (nSPS) is 10.4. The smallest absolute Gasteiger partial charge is 0.335 e. The van der Waals surface area contributed by atoms with Crippen molar-refractivity contribution < 1.29 is 19.4 Å². The van der Waals surface area contributed by atoms with Crippen molar-refractivity contribution in [3.63, 3.8) is 0 Å². The maximum atomic E-state index is 11.1. The lowest BCUT2D eigenvalue weighted by Gasteiger charge is -2.11. The molecule has 2 aromatic rings. The van der Waals surface area contributed by atoms with Crippen LogP contribution in [0.15, 0.2) is 18.2 Å². The Labute approximate surface area is 128 Å². The minimum absolute atomic E-state index is 0.109. The number of methoxy groups -OCH3 is 1. The molecule has 22 heavy (non-hydrogen) atoms. The zero-order chi connectivity index (χ0) is 16.3. The number of aromatic nitrogens is 2. The fourth-order valence-electron chi connectivity index (χ4n) is 1.95. The molecule has 0 fully saturated rings. The number of ether oxygens (including phenoxy) is 2. The van der Waals surface area contributed by atoms with Crippen molar-refractivity contribution in [1.82, 2.24) is 9.97 Å². The van der Waals surface area contributed by atoms with Crippen molar-refractivity contribution in [2.24, 2.45) is 0 Å². The minimum atomic E-state index is -1.04. The number of benzene rings is 1. The molecule has 0 saturated heterocycles. The number of rotatable bonds is 5. The van der Waals surface area contributed by atoms with E-state index < -0.39 is 5.97 Å². The maximum Gasteiger partial charge on any atom is 0.335 e. The van der Waals surface area contributed by atoms with E-state index in [1.54, 1.807) is 6.07 Å². The van der Waals surface area contributed by atoms with Crippen molar-refractivity contribution in [2.75, 3.05) is 7.11 Å². The van der Waals surface area contributed by atoms with E-state index in [4.69, 9.17) is 14.6 Å². The average molecular weight is 302 g/mol. The number of hydrogen-bond donors (Lipinski definition) is 1. The summed E-state index contributed by atoms with van der Waals surface area (Å²) in [5, 5.41) is 9.09. The van der Waals surface area contributed by atoms with Crippen LogP contribution in [0.25, 0.3) is 0 Å². The SMILES string of the molecule is COc1cc(OCc2nc(C)c(C)nc2C)cc(C(=O)O)c1. The molecule has 1 aromatic heterocycles. The average Bonchev–Trinajstić information content (AvgIpc) is 2.49. The molecule has 1 heterocycles. The Kier molecular flexibility index (Phi) is 4.60.